The molecule has 108 valence electrons. The van der Waals surface area contributed by atoms with Gasteiger partial charge in [-0.15, -0.1) is 0 Å². The number of amides is 1. The molecule has 0 fully saturated rings. The summed E-state index contributed by atoms with van der Waals surface area (Å²) in [6.07, 6.45) is 1.40. The highest BCUT2D eigenvalue weighted by molar-refractivity contribution is 7.53. The molecule has 0 saturated carbocycles. The number of nitrogens with zero attached hydrogens (tertiary/aromatic N) is 1. The van der Waals surface area contributed by atoms with Gasteiger partial charge >= 0.3 is 7.60 Å². The first-order valence-corrected chi connectivity index (χ1v) is 8.09. The molecule has 0 bridgehead atoms. The van der Waals surface area contributed by atoms with Crippen LogP contribution in [0.1, 0.15) is 40.0 Å². The molecule has 0 unspecified atom stereocenters. The van der Waals surface area contributed by atoms with E-state index >= 15 is 0 Å². The van der Waals surface area contributed by atoms with Crippen LogP contribution in [0.25, 0.3) is 0 Å². The number of hydroxylamine groups is 2. The van der Waals surface area contributed by atoms with Crippen molar-refractivity contribution in [2.45, 2.75) is 40.0 Å². The van der Waals surface area contributed by atoms with Gasteiger partial charge in [0.1, 0.15) is 0 Å². The van der Waals surface area contributed by atoms with E-state index in [4.69, 9.17) is 9.05 Å². The molecule has 1 amide bonds. The van der Waals surface area contributed by atoms with Crippen LogP contribution in [0.2, 0.25) is 0 Å². The maximum Gasteiger partial charge on any atom is 0.330 e. The molecule has 0 aromatic rings. The molecule has 0 heterocycles. The van der Waals surface area contributed by atoms with Crippen LogP contribution >= 0.6 is 7.60 Å². The Morgan fingerprint density at radius 1 is 1.22 bits per heavy atom. The lowest BCUT2D eigenvalue weighted by Crippen LogP contribution is -2.28. The van der Waals surface area contributed by atoms with Gasteiger partial charge in [-0.3, -0.25) is 14.6 Å². The second kappa shape index (κ2) is 9.50. The van der Waals surface area contributed by atoms with Crippen LogP contribution in [-0.4, -0.2) is 42.1 Å². The molecule has 0 saturated heterocycles. The van der Waals surface area contributed by atoms with E-state index in [1.807, 2.05) is 6.92 Å². The maximum absolute atomic E-state index is 12.1. The quantitative estimate of drug-likeness (QED) is 0.378. The molecule has 18 heavy (non-hydrogen) atoms. The standard InChI is InChI=1S/C11H24NO5P/c1-4-9-12(14)11(13)8-7-10-18(15,16-5-2)17-6-3/h14H,4-10H2,1-3H3. The summed E-state index contributed by atoms with van der Waals surface area (Å²) in [4.78, 5) is 11.4. The average Bonchev–Trinajstić information content (AvgIpc) is 2.29. The second-order valence-corrected chi connectivity index (χ2v) is 5.98. The molecule has 0 aromatic carbocycles. The summed E-state index contributed by atoms with van der Waals surface area (Å²) in [6.45, 7) is 6.30. The number of rotatable bonds is 10. The fourth-order valence-electron chi connectivity index (χ4n) is 1.45. The van der Waals surface area contributed by atoms with E-state index in [9.17, 15) is 14.6 Å². The van der Waals surface area contributed by atoms with Crippen molar-refractivity contribution in [3.63, 3.8) is 0 Å². The van der Waals surface area contributed by atoms with Gasteiger partial charge in [0, 0.05) is 13.0 Å². The summed E-state index contributed by atoms with van der Waals surface area (Å²) >= 11 is 0. The maximum atomic E-state index is 12.1. The summed E-state index contributed by atoms with van der Waals surface area (Å²) in [6, 6.07) is 0. The first-order chi connectivity index (χ1) is 8.49. The lowest BCUT2D eigenvalue weighted by Gasteiger charge is -2.17. The summed E-state index contributed by atoms with van der Waals surface area (Å²) < 4.78 is 22.3. The van der Waals surface area contributed by atoms with Crippen molar-refractivity contribution in [2.75, 3.05) is 25.9 Å². The molecule has 0 radical (unpaired) electrons. The number of hydrogen-bond donors (Lipinski definition) is 1. The van der Waals surface area contributed by atoms with E-state index in [1.165, 1.54) is 0 Å². The topological polar surface area (TPSA) is 76.1 Å². The normalized spacial score (nSPS) is 11.6. The van der Waals surface area contributed by atoms with Crippen LogP contribution in [-0.2, 0) is 18.4 Å². The van der Waals surface area contributed by atoms with Gasteiger partial charge in [0.05, 0.1) is 19.4 Å². The van der Waals surface area contributed by atoms with Crippen molar-refractivity contribution in [2.24, 2.45) is 0 Å². The molecular weight excluding hydrogens is 257 g/mol. The third-order valence-corrected chi connectivity index (χ3v) is 4.36. The first kappa shape index (κ1) is 17.6. The highest BCUT2D eigenvalue weighted by Gasteiger charge is 2.23. The Balaban J connectivity index is 4.06. The van der Waals surface area contributed by atoms with Crippen molar-refractivity contribution in [3.8, 4) is 0 Å². The highest BCUT2D eigenvalue weighted by Crippen LogP contribution is 2.48. The van der Waals surface area contributed by atoms with E-state index in [0.29, 0.717) is 37.7 Å². The van der Waals surface area contributed by atoms with Gasteiger partial charge in [-0.1, -0.05) is 6.92 Å². The number of hydrogen-bond acceptors (Lipinski definition) is 5. The van der Waals surface area contributed by atoms with Gasteiger partial charge in [0.15, 0.2) is 0 Å². The van der Waals surface area contributed by atoms with Crippen LogP contribution in [0.4, 0.5) is 0 Å². The Morgan fingerprint density at radius 2 is 1.78 bits per heavy atom. The second-order valence-electron chi connectivity index (χ2n) is 3.79. The highest BCUT2D eigenvalue weighted by atomic mass is 31.2. The summed E-state index contributed by atoms with van der Waals surface area (Å²) in [5, 5.41) is 10.0. The fraction of sp³-hybridized carbons (Fsp3) is 0.909. The van der Waals surface area contributed by atoms with Crippen LogP contribution in [0, 0.1) is 0 Å². The zero-order valence-corrected chi connectivity index (χ0v) is 12.3. The van der Waals surface area contributed by atoms with Gasteiger partial charge in [0.2, 0.25) is 5.91 Å². The van der Waals surface area contributed by atoms with Gasteiger partial charge in [0.25, 0.3) is 0 Å². The molecule has 0 aliphatic heterocycles. The molecule has 0 spiro atoms. The van der Waals surface area contributed by atoms with Crippen molar-refractivity contribution in [1.82, 2.24) is 5.06 Å². The molecule has 0 atom stereocenters. The van der Waals surface area contributed by atoms with Gasteiger partial charge in [-0.25, -0.2) is 5.06 Å². The van der Waals surface area contributed by atoms with Crippen LogP contribution in [0.15, 0.2) is 0 Å². The van der Waals surface area contributed by atoms with Crippen molar-refractivity contribution >= 4 is 13.5 Å². The Kier molecular flexibility index (Phi) is 9.28. The zero-order chi connectivity index (χ0) is 14.0. The molecule has 0 aromatic heterocycles. The Morgan fingerprint density at radius 3 is 2.22 bits per heavy atom. The molecule has 6 nitrogen and oxygen atoms in total. The lowest BCUT2D eigenvalue weighted by molar-refractivity contribution is -0.165. The van der Waals surface area contributed by atoms with E-state index in [0.717, 1.165) is 0 Å². The average molecular weight is 281 g/mol. The summed E-state index contributed by atoms with van der Waals surface area (Å²) in [7, 11) is -3.07. The van der Waals surface area contributed by atoms with Crippen LogP contribution in [0.5, 0.6) is 0 Å². The van der Waals surface area contributed by atoms with Gasteiger partial charge < -0.3 is 9.05 Å². The third kappa shape index (κ3) is 7.11. The smallest absolute Gasteiger partial charge is 0.309 e. The fourth-order valence-corrected chi connectivity index (χ4v) is 3.11. The molecular formula is C11H24NO5P. The predicted molar refractivity (Wildman–Crippen MR) is 68.8 cm³/mol. The summed E-state index contributed by atoms with van der Waals surface area (Å²) in [5.74, 6) is -0.364. The predicted octanol–water partition coefficient (Wildman–Crippen LogP) is 2.66. The Labute approximate surface area is 109 Å². The minimum atomic E-state index is -3.07. The van der Waals surface area contributed by atoms with Crippen LogP contribution < -0.4 is 0 Å². The lowest BCUT2D eigenvalue weighted by atomic mass is 10.3. The summed E-state index contributed by atoms with van der Waals surface area (Å²) in [5.41, 5.74) is 0. The van der Waals surface area contributed by atoms with Gasteiger partial charge in [-0.05, 0) is 26.7 Å². The zero-order valence-electron chi connectivity index (χ0n) is 11.4. The number of carbonyl (C=O) groups is 1. The number of carbonyl (C=O) groups excluding carboxylic acids is 1. The van der Waals surface area contributed by atoms with E-state index in [1.54, 1.807) is 13.8 Å². The van der Waals surface area contributed by atoms with Crippen LogP contribution in [0.3, 0.4) is 0 Å². The Bertz CT molecular complexity index is 275. The van der Waals surface area contributed by atoms with E-state index in [2.05, 4.69) is 0 Å². The van der Waals surface area contributed by atoms with Crippen molar-refractivity contribution < 1.29 is 23.6 Å². The molecule has 0 aliphatic carbocycles. The van der Waals surface area contributed by atoms with E-state index < -0.39 is 7.60 Å². The van der Waals surface area contributed by atoms with Gasteiger partial charge in [-0.2, -0.15) is 0 Å². The van der Waals surface area contributed by atoms with Crippen molar-refractivity contribution in [1.29, 1.82) is 0 Å². The van der Waals surface area contributed by atoms with Crippen molar-refractivity contribution in [3.05, 3.63) is 0 Å². The molecule has 0 rings (SSSR count). The minimum absolute atomic E-state index is 0.140. The third-order valence-electron chi connectivity index (χ3n) is 2.20. The molecule has 1 N–H and O–H groups in total. The first-order valence-electron chi connectivity index (χ1n) is 6.36. The Hall–Kier alpha value is -0.420. The largest absolute Gasteiger partial charge is 0.330 e. The molecule has 7 heteroatoms. The molecule has 0 aliphatic rings. The monoisotopic (exact) mass is 281 g/mol. The van der Waals surface area contributed by atoms with E-state index in [-0.39, 0.29) is 18.5 Å². The minimum Gasteiger partial charge on any atom is -0.309 e. The SMILES string of the molecule is CCCN(O)C(=O)CCCP(=O)(OCC)OCC.